The van der Waals surface area contributed by atoms with E-state index in [-0.39, 0.29) is 17.7 Å². The van der Waals surface area contributed by atoms with Gasteiger partial charge in [-0.15, -0.1) is 0 Å². The van der Waals surface area contributed by atoms with Gasteiger partial charge in [-0.2, -0.15) is 0 Å². The van der Waals surface area contributed by atoms with Crippen LogP contribution in [0.4, 0.5) is 0 Å². The summed E-state index contributed by atoms with van der Waals surface area (Å²) in [6.45, 7) is 3.59. The lowest BCUT2D eigenvalue weighted by Crippen LogP contribution is -2.15. The number of halogens is 3. The van der Waals surface area contributed by atoms with Crippen molar-refractivity contribution in [3.8, 4) is 5.75 Å². The van der Waals surface area contributed by atoms with Crippen LogP contribution in [0.15, 0.2) is 25.6 Å². The Morgan fingerprint density at radius 2 is 1.91 bits per heavy atom. The standard InChI is InChI=1S/C16H12Br3NO3/c1-6-12(20(3)13-7(2)16(22)23-15(6)13)14(21)9-4-8(17)5-10(18)11(9)19/h4-5,7H,1-3H3. The lowest BCUT2D eigenvalue weighted by molar-refractivity contribution is -0.133. The van der Waals surface area contributed by atoms with Gasteiger partial charge in [0.1, 0.15) is 0 Å². The van der Waals surface area contributed by atoms with Gasteiger partial charge in [-0.3, -0.25) is 9.59 Å². The highest BCUT2D eigenvalue weighted by atomic mass is 79.9. The molecule has 3 rings (SSSR count). The maximum absolute atomic E-state index is 13.1. The van der Waals surface area contributed by atoms with Gasteiger partial charge in [0.2, 0.25) is 5.78 Å². The van der Waals surface area contributed by atoms with Crippen LogP contribution >= 0.6 is 47.8 Å². The summed E-state index contributed by atoms with van der Waals surface area (Å²) in [5.41, 5.74) is 2.50. The minimum absolute atomic E-state index is 0.128. The van der Waals surface area contributed by atoms with Gasteiger partial charge in [-0.25, -0.2) is 0 Å². The summed E-state index contributed by atoms with van der Waals surface area (Å²) in [6.07, 6.45) is 0. The van der Waals surface area contributed by atoms with E-state index in [0.29, 0.717) is 27.0 Å². The first kappa shape index (κ1) is 16.9. The Labute approximate surface area is 158 Å². The van der Waals surface area contributed by atoms with Crippen LogP contribution in [-0.4, -0.2) is 16.3 Å². The molecule has 1 aromatic heterocycles. The van der Waals surface area contributed by atoms with E-state index in [1.165, 1.54) is 0 Å². The number of benzene rings is 1. The summed E-state index contributed by atoms with van der Waals surface area (Å²) >= 11 is 10.3. The van der Waals surface area contributed by atoms with Crippen molar-refractivity contribution in [1.82, 2.24) is 4.57 Å². The van der Waals surface area contributed by atoms with Gasteiger partial charge >= 0.3 is 5.97 Å². The van der Waals surface area contributed by atoms with Gasteiger partial charge in [0.15, 0.2) is 5.75 Å². The first-order valence-corrected chi connectivity index (χ1v) is 9.22. The molecule has 0 fully saturated rings. The van der Waals surface area contributed by atoms with E-state index in [4.69, 9.17) is 4.74 Å². The molecule has 2 aromatic rings. The molecule has 23 heavy (non-hydrogen) atoms. The number of nitrogens with zero attached hydrogens (tertiary/aromatic N) is 1. The summed E-state index contributed by atoms with van der Waals surface area (Å²) in [4.78, 5) is 24.8. The molecule has 0 radical (unpaired) electrons. The number of hydrogen-bond donors (Lipinski definition) is 0. The predicted octanol–water partition coefficient (Wildman–Crippen LogP) is 4.87. The summed E-state index contributed by atoms with van der Waals surface area (Å²) in [6, 6.07) is 3.63. The van der Waals surface area contributed by atoms with Crippen molar-refractivity contribution in [2.45, 2.75) is 19.8 Å². The molecule has 1 atom stereocenters. The molecular formula is C16H12Br3NO3. The lowest BCUT2D eigenvalue weighted by Gasteiger charge is -2.11. The Morgan fingerprint density at radius 1 is 1.26 bits per heavy atom. The van der Waals surface area contributed by atoms with Gasteiger partial charge in [-0.1, -0.05) is 15.9 Å². The molecule has 0 amide bonds. The number of hydrogen-bond acceptors (Lipinski definition) is 3. The molecule has 0 saturated heterocycles. The number of ether oxygens (including phenoxy) is 1. The van der Waals surface area contributed by atoms with Crippen LogP contribution in [0.1, 0.15) is 40.2 Å². The number of carbonyl (C=O) groups excluding carboxylic acids is 2. The van der Waals surface area contributed by atoms with Crippen LogP contribution in [0.2, 0.25) is 0 Å². The zero-order valence-corrected chi connectivity index (χ0v) is 17.3. The smallest absolute Gasteiger partial charge is 0.320 e. The third-order valence-corrected chi connectivity index (χ3v) is 6.51. The molecule has 120 valence electrons. The molecule has 7 heteroatoms. The van der Waals surface area contributed by atoms with Crippen LogP contribution in [0.25, 0.3) is 0 Å². The maximum atomic E-state index is 13.1. The van der Waals surface area contributed by atoms with Crippen LogP contribution in [-0.2, 0) is 11.8 Å². The molecule has 1 aliphatic rings. The van der Waals surface area contributed by atoms with Crippen LogP contribution in [0.5, 0.6) is 5.75 Å². The summed E-state index contributed by atoms with van der Waals surface area (Å²) in [5, 5.41) is 0. The number of ketones is 1. The van der Waals surface area contributed by atoms with Crippen molar-refractivity contribution in [3.05, 3.63) is 48.1 Å². The van der Waals surface area contributed by atoms with E-state index in [0.717, 1.165) is 14.6 Å². The third kappa shape index (κ3) is 2.53. The Morgan fingerprint density at radius 3 is 2.52 bits per heavy atom. The van der Waals surface area contributed by atoms with Crippen LogP contribution in [0, 0.1) is 6.92 Å². The van der Waals surface area contributed by atoms with Gasteiger partial charge in [0.25, 0.3) is 0 Å². The van der Waals surface area contributed by atoms with Gasteiger partial charge in [0.05, 0.1) is 17.3 Å². The minimum Gasteiger partial charge on any atom is -0.424 e. The number of fused-ring (bicyclic) bond motifs is 1. The molecule has 4 nitrogen and oxygen atoms in total. The lowest BCUT2D eigenvalue weighted by atomic mass is 10.1. The first-order valence-electron chi connectivity index (χ1n) is 6.84. The van der Waals surface area contributed by atoms with Crippen molar-refractivity contribution < 1.29 is 14.3 Å². The fraction of sp³-hybridized carbons (Fsp3) is 0.250. The van der Waals surface area contributed by atoms with E-state index in [9.17, 15) is 9.59 Å². The Hall–Kier alpha value is -0.920. The van der Waals surface area contributed by atoms with Gasteiger partial charge in [-0.05, 0) is 57.8 Å². The third-order valence-electron chi connectivity index (χ3n) is 4.04. The van der Waals surface area contributed by atoms with Gasteiger partial charge < -0.3 is 9.30 Å². The van der Waals surface area contributed by atoms with Crippen molar-refractivity contribution in [3.63, 3.8) is 0 Å². The monoisotopic (exact) mass is 503 g/mol. The zero-order valence-electron chi connectivity index (χ0n) is 12.5. The largest absolute Gasteiger partial charge is 0.424 e. The molecule has 1 aromatic carbocycles. The molecule has 0 aliphatic carbocycles. The summed E-state index contributed by atoms with van der Waals surface area (Å²) < 4.78 is 9.38. The van der Waals surface area contributed by atoms with E-state index in [1.54, 1.807) is 31.5 Å². The van der Waals surface area contributed by atoms with E-state index >= 15 is 0 Å². The number of esters is 1. The number of carbonyl (C=O) groups is 2. The first-order chi connectivity index (χ1) is 10.7. The Bertz CT molecular complexity index is 870. The topological polar surface area (TPSA) is 48.3 Å². The molecule has 0 bridgehead atoms. The average Bonchev–Trinajstić information content (AvgIpc) is 2.90. The fourth-order valence-corrected chi connectivity index (χ4v) is 4.55. The second-order valence-electron chi connectivity index (χ2n) is 5.47. The zero-order chi connectivity index (χ0) is 17.0. The number of rotatable bonds is 2. The van der Waals surface area contributed by atoms with Gasteiger partial charge in [0, 0.05) is 31.6 Å². The van der Waals surface area contributed by atoms with Crippen LogP contribution < -0.4 is 4.74 Å². The van der Waals surface area contributed by atoms with Crippen LogP contribution in [0.3, 0.4) is 0 Å². The predicted molar refractivity (Wildman–Crippen MR) is 97.2 cm³/mol. The Balaban J connectivity index is 2.19. The molecule has 0 N–H and O–H groups in total. The Kier molecular flexibility index (Phi) is 4.31. The highest BCUT2D eigenvalue weighted by Gasteiger charge is 2.38. The fourth-order valence-electron chi connectivity index (χ4n) is 2.91. The number of aromatic nitrogens is 1. The maximum Gasteiger partial charge on any atom is 0.320 e. The molecule has 0 saturated carbocycles. The minimum atomic E-state index is -0.368. The van der Waals surface area contributed by atoms with Crippen molar-refractivity contribution in [1.29, 1.82) is 0 Å². The van der Waals surface area contributed by atoms with E-state index in [1.807, 2.05) is 6.07 Å². The second-order valence-corrected chi connectivity index (χ2v) is 8.03. The quantitative estimate of drug-likeness (QED) is 0.332. The van der Waals surface area contributed by atoms with E-state index in [2.05, 4.69) is 47.8 Å². The van der Waals surface area contributed by atoms with Crippen molar-refractivity contribution in [2.75, 3.05) is 0 Å². The highest BCUT2D eigenvalue weighted by Crippen LogP contribution is 2.42. The molecule has 1 aliphatic heterocycles. The summed E-state index contributed by atoms with van der Waals surface area (Å²) in [5.74, 6) is -0.262. The van der Waals surface area contributed by atoms with Crippen molar-refractivity contribution >= 4 is 59.5 Å². The normalized spacial score (nSPS) is 16.4. The highest BCUT2D eigenvalue weighted by molar-refractivity contribution is 9.13. The second kappa shape index (κ2) is 5.86. The molecule has 0 spiro atoms. The molecule has 2 heterocycles. The van der Waals surface area contributed by atoms with E-state index < -0.39 is 0 Å². The molecule has 1 unspecified atom stereocenters. The SMILES string of the molecule is Cc1c2c(n(C)c1C(=O)c1cc(Br)cc(Br)c1Br)C(C)C(=O)O2. The van der Waals surface area contributed by atoms with Crippen molar-refractivity contribution in [2.24, 2.45) is 7.05 Å². The average molecular weight is 506 g/mol. The molecular weight excluding hydrogens is 494 g/mol. The summed E-state index contributed by atoms with van der Waals surface area (Å²) in [7, 11) is 1.79.